The largest absolute Gasteiger partial charge is 0.573 e. The van der Waals surface area contributed by atoms with Gasteiger partial charge in [0, 0.05) is 10.9 Å². The summed E-state index contributed by atoms with van der Waals surface area (Å²) < 4.78 is 52.8. The lowest BCUT2D eigenvalue weighted by molar-refractivity contribution is -0.274. The summed E-state index contributed by atoms with van der Waals surface area (Å²) in [6.07, 6.45) is -3.47. The number of fused-ring (bicyclic) bond motifs is 1. The molecule has 0 radical (unpaired) electrons. The van der Waals surface area contributed by atoms with Crippen LogP contribution in [0.4, 0.5) is 19.2 Å². The molecule has 1 N–H and O–H groups in total. The molecule has 8 nitrogen and oxygen atoms in total. The molecule has 0 bridgehead atoms. The number of hydrogen-bond donors (Lipinski definition) is 1. The number of nitrogens with zero attached hydrogens (tertiary/aromatic N) is 3. The number of nitrogens with one attached hydrogen (secondary N) is 1. The second kappa shape index (κ2) is 8.35. The minimum absolute atomic E-state index is 0.0363. The van der Waals surface area contributed by atoms with Crippen molar-refractivity contribution in [2.45, 2.75) is 6.36 Å². The molecule has 0 saturated carbocycles. The van der Waals surface area contributed by atoms with Crippen molar-refractivity contribution in [3.8, 4) is 28.7 Å². The fourth-order valence-electron chi connectivity index (χ4n) is 3.28. The van der Waals surface area contributed by atoms with E-state index in [1.165, 1.54) is 18.4 Å². The van der Waals surface area contributed by atoms with Gasteiger partial charge in [-0.05, 0) is 36.4 Å². The van der Waals surface area contributed by atoms with Crippen molar-refractivity contribution in [3.05, 3.63) is 78.6 Å². The van der Waals surface area contributed by atoms with Crippen LogP contribution in [-0.4, -0.2) is 27.5 Å². The Bertz CT molecular complexity index is 1470. The molecule has 0 aliphatic heterocycles. The number of pyridine rings is 1. The number of anilines is 1. The van der Waals surface area contributed by atoms with E-state index in [4.69, 9.17) is 8.83 Å². The highest BCUT2D eigenvalue weighted by molar-refractivity contribution is 6.12. The maximum absolute atomic E-state index is 13.2. The maximum atomic E-state index is 13.2. The molecule has 0 aliphatic rings. The predicted octanol–water partition coefficient (Wildman–Crippen LogP) is 5.70. The molecule has 11 heteroatoms. The second-order valence-corrected chi connectivity index (χ2v) is 6.99. The number of rotatable bonds is 5. The number of carbonyl (C=O) groups is 1. The zero-order valence-corrected chi connectivity index (χ0v) is 17.0. The summed E-state index contributed by atoms with van der Waals surface area (Å²) in [7, 11) is 0. The summed E-state index contributed by atoms with van der Waals surface area (Å²) in [6.45, 7) is 0. The summed E-state index contributed by atoms with van der Waals surface area (Å²) in [5.74, 6) is -0.821. The first kappa shape index (κ1) is 21.2. The second-order valence-electron chi connectivity index (χ2n) is 6.99. The quantitative estimate of drug-likeness (QED) is 0.355. The molecule has 5 aromatic rings. The number of carbonyl (C=O) groups excluding carboxylic acids is 1. The van der Waals surface area contributed by atoms with E-state index in [-0.39, 0.29) is 22.9 Å². The van der Waals surface area contributed by atoms with Crippen LogP contribution in [0, 0.1) is 0 Å². The van der Waals surface area contributed by atoms with Crippen molar-refractivity contribution in [2.24, 2.45) is 0 Å². The van der Waals surface area contributed by atoms with Gasteiger partial charge in [0.15, 0.2) is 5.76 Å². The summed E-state index contributed by atoms with van der Waals surface area (Å²) in [4.78, 5) is 17.6. The Balaban J connectivity index is 1.56. The summed E-state index contributed by atoms with van der Waals surface area (Å²) in [5.41, 5.74) is 1.49. The monoisotopic (exact) mass is 466 g/mol. The average Bonchev–Trinajstić information content (AvgIpc) is 3.50. The molecule has 2 aromatic carbocycles. The lowest BCUT2D eigenvalue weighted by Gasteiger charge is -2.12. The van der Waals surface area contributed by atoms with Gasteiger partial charge in [-0.3, -0.25) is 10.1 Å². The smallest absolute Gasteiger partial charge is 0.459 e. The van der Waals surface area contributed by atoms with Gasteiger partial charge in [-0.2, -0.15) is 0 Å². The average molecular weight is 466 g/mol. The number of aromatic nitrogens is 3. The number of halogens is 3. The predicted molar refractivity (Wildman–Crippen MR) is 114 cm³/mol. The molecule has 0 unspecified atom stereocenters. The van der Waals surface area contributed by atoms with E-state index >= 15 is 0 Å². The van der Waals surface area contributed by atoms with Crippen molar-refractivity contribution < 1.29 is 31.5 Å². The van der Waals surface area contributed by atoms with E-state index in [9.17, 15) is 18.0 Å². The zero-order chi connectivity index (χ0) is 23.7. The normalized spacial score (nSPS) is 11.5. The molecule has 34 heavy (non-hydrogen) atoms. The van der Waals surface area contributed by atoms with Gasteiger partial charge < -0.3 is 13.6 Å². The Labute approximate surface area is 189 Å². The highest BCUT2D eigenvalue weighted by Gasteiger charge is 2.31. The Kier molecular flexibility index (Phi) is 5.21. The highest BCUT2D eigenvalue weighted by Crippen LogP contribution is 2.31. The van der Waals surface area contributed by atoms with Crippen LogP contribution in [0.2, 0.25) is 0 Å². The summed E-state index contributed by atoms with van der Waals surface area (Å²) >= 11 is 0. The fourth-order valence-corrected chi connectivity index (χ4v) is 3.28. The molecule has 3 heterocycles. The topological polar surface area (TPSA) is 103 Å². The number of hydrogen-bond acceptors (Lipinski definition) is 7. The first-order chi connectivity index (χ1) is 16.4. The minimum Gasteiger partial charge on any atom is -0.459 e. The van der Waals surface area contributed by atoms with E-state index in [0.717, 1.165) is 12.1 Å². The Morgan fingerprint density at radius 1 is 0.971 bits per heavy atom. The van der Waals surface area contributed by atoms with Crippen LogP contribution >= 0.6 is 0 Å². The lowest BCUT2D eigenvalue weighted by Crippen LogP contribution is -2.17. The molecule has 0 spiro atoms. The molecule has 0 saturated heterocycles. The van der Waals surface area contributed by atoms with Crippen LogP contribution in [0.5, 0.6) is 5.75 Å². The van der Waals surface area contributed by atoms with Crippen LogP contribution in [0.1, 0.15) is 10.4 Å². The lowest BCUT2D eigenvalue weighted by atomic mass is 10.0. The molecular formula is C23H13F3N4O4. The van der Waals surface area contributed by atoms with E-state index in [1.807, 2.05) is 6.07 Å². The Morgan fingerprint density at radius 3 is 2.53 bits per heavy atom. The molecule has 5 rings (SSSR count). The molecule has 3 aromatic heterocycles. The first-order valence-corrected chi connectivity index (χ1v) is 9.80. The fraction of sp³-hybridized carbons (Fsp3) is 0.0435. The van der Waals surface area contributed by atoms with Gasteiger partial charge in [0.25, 0.3) is 11.8 Å². The summed E-state index contributed by atoms with van der Waals surface area (Å²) in [6, 6.07) is 17.1. The van der Waals surface area contributed by atoms with E-state index in [2.05, 4.69) is 25.2 Å². The molecular weight excluding hydrogens is 453 g/mol. The maximum Gasteiger partial charge on any atom is 0.573 e. The number of ether oxygens (including phenoxy) is 1. The Hall–Kier alpha value is -4.67. The molecule has 0 fully saturated rings. The van der Waals surface area contributed by atoms with Crippen molar-refractivity contribution in [3.63, 3.8) is 0 Å². The van der Waals surface area contributed by atoms with Crippen LogP contribution < -0.4 is 10.1 Å². The molecule has 1 amide bonds. The molecule has 0 atom stereocenters. The van der Waals surface area contributed by atoms with Crippen LogP contribution in [0.15, 0.2) is 81.8 Å². The van der Waals surface area contributed by atoms with Crippen LogP contribution in [0.25, 0.3) is 33.8 Å². The minimum atomic E-state index is -4.89. The third-order valence-corrected chi connectivity index (χ3v) is 4.71. The van der Waals surface area contributed by atoms with E-state index in [1.54, 1.807) is 36.4 Å². The molecule has 170 valence electrons. The third-order valence-electron chi connectivity index (χ3n) is 4.71. The molecule has 0 aliphatic carbocycles. The van der Waals surface area contributed by atoms with Crippen LogP contribution in [-0.2, 0) is 0 Å². The van der Waals surface area contributed by atoms with Gasteiger partial charge in [-0.1, -0.05) is 35.4 Å². The van der Waals surface area contributed by atoms with Gasteiger partial charge in [0.2, 0.25) is 0 Å². The third kappa shape index (κ3) is 4.44. The summed E-state index contributed by atoms with van der Waals surface area (Å²) in [5, 5.41) is 10.2. The van der Waals surface area contributed by atoms with Gasteiger partial charge in [0.1, 0.15) is 5.75 Å². The zero-order valence-electron chi connectivity index (χ0n) is 17.0. The number of alkyl halides is 3. The Morgan fingerprint density at radius 2 is 1.79 bits per heavy atom. The van der Waals surface area contributed by atoms with Gasteiger partial charge in [-0.15, -0.1) is 18.3 Å². The van der Waals surface area contributed by atoms with E-state index < -0.39 is 18.0 Å². The van der Waals surface area contributed by atoms with Crippen molar-refractivity contribution in [1.82, 2.24) is 15.2 Å². The van der Waals surface area contributed by atoms with Crippen LogP contribution in [0.3, 0.4) is 0 Å². The highest BCUT2D eigenvalue weighted by atomic mass is 19.4. The number of amides is 1. The first-order valence-electron chi connectivity index (χ1n) is 9.80. The number of benzene rings is 2. The number of furan rings is 1. The van der Waals surface area contributed by atoms with Gasteiger partial charge in [0.05, 0.1) is 23.0 Å². The SMILES string of the molecule is O=C(Nc1nnc(-c2ccco2)o1)c1cc(-c2ccccc2)nc2ccc(OC(F)(F)F)cc12. The van der Waals surface area contributed by atoms with Crippen molar-refractivity contribution >= 4 is 22.8 Å². The van der Waals surface area contributed by atoms with Gasteiger partial charge in [-0.25, -0.2) is 4.98 Å². The van der Waals surface area contributed by atoms with E-state index in [0.29, 0.717) is 22.5 Å². The van der Waals surface area contributed by atoms with Crippen molar-refractivity contribution in [1.29, 1.82) is 0 Å². The van der Waals surface area contributed by atoms with Crippen molar-refractivity contribution in [2.75, 3.05) is 5.32 Å². The standard InChI is InChI=1S/C23H13F3N4O4/c24-23(25,26)34-14-8-9-17-15(11-14)16(12-18(27-17)13-5-2-1-3-6-13)20(31)28-22-30-29-21(33-22)19-7-4-10-32-19/h1-12H,(H,28,30,31). The van der Waals surface area contributed by atoms with Gasteiger partial charge >= 0.3 is 12.4 Å².